The fraction of sp³-hybridized carbons (Fsp3) is 0.417. The summed E-state index contributed by atoms with van der Waals surface area (Å²) in [5, 5.41) is 1.65. The minimum atomic E-state index is -0.415. The fourth-order valence-electron chi connectivity index (χ4n) is 2.34. The van der Waals surface area contributed by atoms with Crippen LogP contribution in [0.3, 0.4) is 0 Å². The van der Waals surface area contributed by atoms with Crippen LogP contribution in [0.5, 0.6) is 0 Å². The molecule has 1 amide bonds. The van der Waals surface area contributed by atoms with Crippen LogP contribution in [0.1, 0.15) is 30.1 Å². The number of fused-ring (bicyclic) bond motifs is 1. The Kier molecular flexibility index (Phi) is 2.38. The Bertz CT molecular complexity index is 645. The Balaban J connectivity index is 2.43. The van der Waals surface area contributed by atoms with Crippen molar-refractivity contribution in [2.45, 2.75) is 30.3 Å². The molecule has 5 nitrogen and oxygen atoms in total. The van der Waals surface area contributed by atoms with Gasteiger partial charge in [-0.25, -0.2) is 9.97 Å². The zero-order valence-electron chi connectivity index (χ0n) is 10.3. The molecule has 1 aliphatic carbocycles. The maximum Gasteiger partial charge on any atom is 0.252 e. The van der Waals surface area contributed by atoms with Crippen molar-refractivity contribution in [3.8, 4) is 0 Å². The molecular weight excluding hydrogens is 248 g/mol. The van der Waals surface area contributed by atoms with Crippen molar-refractivity contribution in [2.24, 2.45) is 5.73 Å². The molecule has 0 radical (unpaired) electrons. The first-order chi connectivity index (χ1) is 8.58. The Hall–Kier alpha value is -1.56. The van der Waals surface area contributed by atoms with Gasteiger partial charge in [-0.1, -0.05) is 0 Å². The molecule has 1 fully saturated rings. The van der Waals surface area contributed by atoms with Crippen molar-refractivity contribution < 1.29 is 4.79 Å². The van der Waals surface area contributed by atoms with Crippen LogP contribution < -0.4 is 5.73 Å². The molecule has 18 heavy (non-hydrogen) atoms. The summed E-state index contributed by atoms with van der Waals surface area (Å²) in [7, 11) is 0. The number of carbonyl (C=O) groups is 1. The largest absolute Gasteiger partial charge is 0.365 e. The summed E-state index contributed by atoms with van der Waals surface area (Å²) < 4.78 is 2.15. The minimum Gasteiger partial charge on any atom is -0.365 e. The molecule has 2 aromatic heterocycles. The lowest BCUT2D eigenvalue weighted by molar-refractivity contribution is 0.0998. The Labute approximate surface area is 109 Å². The van der Waals surface area contributed by atoms with E-state index in [1.54, 1.807) is 6.20 Å². The van der Waals surface area contributed by atoms with Gasteiger partial charge in [0.05, 0.1) is 16.0 Å². The number of amides is 1. The summed E-state index contributed by atoms with van der Waals surface area (Å²) >= 11 is 1.54. The smallest absolute Gasteiger partial charge is 0.252 e. The van der Waals surface area contributed by atoms with Gasteiger partial charge in [0.2, 0.25) is 0 Å². The number of hydrogen-bond donors (Lipinski definition) is 1. The number of carbonyl (C=O) groups excluding carboxylic acids is 1. The van der Waals surface area contributed by atoms with Crippen molar-refractivity contribution >= 4 is 28.7 Å². The van der Waals surface area contributed by atoms with E-state index in [-0.39, 0.29) is 5.54 Å². The Morgan fingerprint density at radius 1 is 1.56 bits per heavy atom. The predicted octanol–water partition coefficient (Wildman–Crippen LogP) is 1.76. The quantitative estimate of drug-likeness (QED) is 0.855. The lowest BCUT2D eigenvalue weighted by Gasteiger charge is -2.15. The van der Waals surface area contributed by atoms with Crippen LogP contribution in [0.25, 0.3) is 11.0 Å². The summed E-state index contributed by atoms with van der Waals surface area (Å²) in [6.45, 7) is 2.18. The maximum atomic E-state index is 11.7. The third kappa shape index (κ3) is 1.45. The van der Waals surface area contributed by atoms with Crippen LogP contribution in [0.2, 0.25) is 0 Å². The number of nitrogens with two attached hydrogens (primary N) is 1. The second-order valence-corrected chi connectivity index (χ2v) is 5.64. The normalized spacial score (nSPS) is 17.0. The standard InChI is InChI=1S/C12H14N4OS/c1-12(3-4-12)16-10-7(5-14-6-15-10)8(9(13)17)11(16)18-2/h5-6H,3-4H2,1-2H3,(H2,13,17). The van der Waals surface area contributed by atoms with E-state index in [1.807, 2.05) is 6.26 Å². The van der Waals surface area contributed by atoms with Gasteiger partial charge >= 0.3 is 0 Å². The highest BCUT2D eigenvalue weighted by molar-refractivity contribution is 7.98. The molecule has 0 aliphatic heterocycles. The number of hydrogen-bond acceptors (Lipinski definition) is 4. The van der Waals surface area contributed by atoms with E-state index in [0.29, 0.717) is 5.56 Å². The fourth-order valence-corrected chi connectivity index (χ4v) is 3.24. The average Bonchev–Trinajstić information content (AvgIpc) is 2.98. The molecule has 0 unspecified atom stereocenters. The van der Waals surface area contributed by atoms with E-state index in [1.165, 1.54) is 18.1 Å². The minimum absolute atomic E-state index is 0.0681. The van der Waals surface area contributed by atoms with E-state index in [9.17, 15) is 4.79 Å². The van der Waals surface area contributed by atoms with Gasteiger partial charge in [0.1, 0.15) is 12.0 Å². The first-order valence-electron chi connectivity index (χ1n) is 5.77. The molecule has 2 aromatic rings. The molecule has 1 saturated carbocycles. The predicted molar refractivity (Wildman–Crippen MR) is 70.7 cm³/mol. The summed E-state index contributed by atoms with van der Waals surface area (Å²) in [5.41, 5.74) is 6.94. The van der Waals surface area contributed by atoms with E-state index >= 15 is 0 Å². The maximum absolute atomic E-state index is 11.7. The van der Waals surface area contributed by atoms with Gasteiger partial charge in [0, 0.05) is 11.7 Å². The third-order valence-corrected chi connectivity index (χ3v) is 4.32. The molecule has 3 rings (SSSR count). The van der Waals surface area contributed by atoms with Gasteiger partial charge in [-0.05, 0) is 26.0 Å². The van der Waals surface area contributed by atoms with Crippen LogP contribution in [0.15, 0.2) is 17.6 Å². The van der Waals surface area contributed by atoms with Crippen LogP contribution in [0.4, 0.5) is 0 Å². The topological polar surface area (TPSA) is 73.8 Å². The number of nitrogens with zero attached hydrogens (tertiary/aromatic N) is 3. The number of thioether (sulfide) groups is 1. The Morgan fingerprint density at radius 3 is 2.83 bits per heavy atom. The molecule has 0 bridgehead atoms. The second kappa shape index (κ2) is 3.71. The van der Waals surface area contributed by atoms with E-state index in [4.69, 9.17) is 5.73 Å². The van der Waals surface area contributed by atoms with Crippen LogP contribution in [0, 0.1) is 0 Å². The molecular formula is C12H14N4OS. The van der Waals surface area contributed by atoms with Gasteiger partial charge < -0.3 is 10.3 Å². The lowest BCUT2D eigenvalue weighted by Crippen LogP contribution is -2.16. The van der Waals surface area contributed by atoms with Gasteiger partial charge in [0.25, 0.3) is 5.91 Å². The van der Waals surface area contributed by atoms with Crippen molar-refractivity contribution in [3.63, 3.8) is 0 Å². The zero-order valence-corrected chi connectivity index (χ0v) is 11.1. The molecule has 2 heterocycles. The van der Waals surface area contributed by atoms with Crippen LogP contribution in [-0.2, 0) is 5.54 Å². The Morgan fingerprint density at radius 2 is 2.28 bits per heavy atom. The molecule has 0 aromatic carbocycles. The van der Waals surface area contributed by atoms with Crippen molar-refractivity contribution in [2.75, 3.05) is 6.26 Å². The van der Waals surface area contributed by atoms with Crippen LogP contribution >= 0.6 is 11.8 Å². The van der Waals surface area contributed by atoms with Gasteiger partial charge in [-0.3, -0.25) is 4.79 Å². The van der Waals surface area contributed by atoms with Gasteiger partial charge in [0.15, 0.2) is 0 Å². The van der Waals surface area contributed by atoms with Gasteiger partial charge in [-0.2, -0.15) is 0 Å². The highest BCUT2D eigenvalue weighted by Crippen LogP contribution is 2.48. The molecule has 0 saturated heterocycles. The first-order valence-corrected chi connectivity index (χ1v) is 6.99. The SMILES string of the molecule is CSc1c(C(N)=O)c2cncnc2n1C1(C)CC1. The van der Waals surface area contributed by atoms with E-state index in [2.05, 4.69) is 21.5 Å². The monoisotopic (exact) mass is 262 g/mol. The summed E-state index contributed by atoms with van der Waals surface area (Å²) in [6, 6.07) is 0. The van der Waals surface area contributed by atoms with Gasteiger partial charge in [-0.15, -0.1) is 11.8 Å². The van der Waals surface area contributed by atoms with Crippen molar-refractivity contribution in [1.82, 2.24) is 14.5 Å². The summed E-state index contributed by atoms with van der Waals surface area (Å²) in [6.07, 6.45) is 7.35. The number of aromatic nitrogens is 3. The van der Waals surface area contributed by atoms with Crippen LogP contribution in [-0.4, -0.2) is 26.7 Å². The molecule has 1 aliphatic rings. The third-order valence-electron chi connectivity index (χ3n) is 3.54. The molecule has 94 valence electrons. The molecule has 0 spiro atoms. The van der Waals surface area contributed by atoms with Crippen molar-refractivity contribution in [1.29, 1.82) is 0 Å². The lowest BCUT2D eigenvalue weighted by atomic mass is 10.2. The number of rotatable bonds is 3. The second-order valence-electron chi connectivity index (χ2n) is 4.84. The van der Waals surface area contributed by atoms with E-state index in [0.717, 1.165) is 28.9 Å². The average molecular weight is 262 g/mol. The summed E-state index contributed by atoms with van der Waals surface area (Å²) in [4.78, 5) is 20.0. The molecule has 6 heteroatoms. The van der Waals surface area contributed by atoms with E-state index < -0.39 is 5.91 Å². The zero-order chi connectivity index (χ0) is 12.9. The number of primary amides is 1. The van der Waals surface area contributed by atoms with Crippen molar-refractivity contribution in [3.05, 3.63) is 18.1 Å². The highest BCUT2D eigenvalue weighted by Gasteiger charge is 2.43. The highest BCUT2D eigenvalue weighted by atomic mass is 32.2. The molecule has 2 N–H and O–H groups in total. The molecule has 0 atom stereocenters. The first kappa shape index (κ1) is 11.5. The summed E-state index contributed by atoms with van der Waals surface area (Å²) in [5.74, 6) is -0.415.